The molecule has 0 rings (SSSR count). The number of carbonyl (C=O) groups excluding carboxylic acids is 1. The van der Waals surface area contributed by atoms with Crippen LogP contribution < -0.4 is 34.7 Å². The van der Waals surface area contributed by atoms with Crippen LogP contribution in [-0.2, 0) is 4.79 Å². The fourth-order valence-corrected chi connectivity index (χ4v) is 6.93. The molecule has 0 aliphatic heterocycles. The molecule has 0 saturated carbocycles. The minimum absolute atomic E-state index is 0. The fraction of sp³-hybridized carbons (Fsp3) is 0.976. The second-order valence-electron chi connectivity index (χ2n) is 14.3. The zero-order valence-corrected chi connectivity index (χ0v) is 33.8. The van der Waals surface area contributed by atoms with Crippen molar-refractivity contribution in [1.82, 2.24) is 4.90 Å². The molecule has 0 bridgehead atoms. The largest absolute Gasteiger partial charge is 1.00 e. The van der Waals surface area contributed by atoms with Gasteiger partial charge in [0, 0.05) is 18.4 Å². The zero-order chi connectivity index (χ0) is 32.2. The Labute approximate surface area is 306 Å². The van der Waals surface area contributed by atoms with Gasteiger partial charge in [0.25, 0.3) is 0 Å². The molecule has 0 aromatic heterocycles. The monoisotopic (exact) mass is 644 g/mol. The third-order valence-electron chi connectivity index (χ3n) is 9.99. The summed E-state index contributed by atoms with van der Waals surface area (Å²) in [6.07, 6.45) is 45.6. The molecule has 1 unspecified atom stereocenters. The van der Waals surface area contributed by atoms with Gasteiger partial charge in [-0.05, 0) is 32.4 Å². The Kier molecular flexibility index (Phi) is 42.9. The number of carboxylic acid groups (broad SMARTS) is 1. The van der Waals surface area contributed by atoms with Crippen molar-refractivity contribution in [3.63, 3.8) is 0 Å². The molecule has 0 radical (unpaired) electrons. The Morgan fingerprint density at radius 3 is 0.844 bits per heavy atom. The maximum Gasteiger partial charge on any atom is 1.00 e. The molecule has 0 heterocycles. The van der Waals surface area contributed by atoms with E-state index in [4.69, 9.17) is 0 Å². The van der Waals surface area contributed by atoms with E-state index in [1.54, 1.807) is 0 Å². The standard InChI is InChI=1S/C41H83NO2.Na/c1-4-7-9-11-13-15-17-19-21-23-25-27-29-31-33-35-37-42(40(6-3)39-41(43)44)38-36-34-32-30-28-26-24-22-20-18-16-14-12-10-8-5-2;/h40H,4-39H2,1-3H3,(H,43,44);/q;+1/p-1. The first-order chi connectivity index (χ1) is 21.7. The molecule has 0 aliphatic rings. The summed E-state index contributed by atoms with van der Waals surface area (Å²) in [6.45, 7) is 8.84. The molecule has 4 heteroatoms. The minimum atomic E-state index is -0.888. The Hall–Kier alpha value is 0.430. The molecule has 0 N–H and O–H groups in total. The van der Waals surface area contributed by atoms with Gasteiger partial charge in [0.1, 0.15) is 0 Å². The summed E-state index contributed by atoms with van der Waals surface area (Å²) in [4.78, 5) is 13.9. The number of nitrogens with zero attached hydrogens (tertiary/aromatic N) is 1. The van der Waals surface area contributed by atoms with E-state index in [0.29, 0.717) is 0 Å². The second kappa shape index (κ2) is 40.6. The predicted molar refractivity (Wildman–Crippen MR) is 194 cm³/mol. The first-order valence-corrected chi connectivity index (χ1v) is 20.6. The molecular weight excluding hydrogens is 561 g/mol. The van der Waals surface area contributed by atoms with Crippen molar-refractivity contribution in [2.45, 2.75) is 245 Å². The van der Waals surface area contributed by atoms with Gasteiger partial charge < -0.3 is 14.8 Å². The third-order valence-corrected chi connectivity index (χ3v) is 9.99. The summed E-state index contributed by atoms with van der Waals surface area (Å²) in [7, 11) is 0. The van der Waals surface area contributed by atoms with E-state index in [9.17, 15) is 9.90 Å². The van der Waals surface area contributed by atoms with E-state index in [0.717, 1.165) is 19.5 Å². The van der Waals surface area contributed by atoms with E-state index < -0.39 is 5.97 Å². The Morgan fingerprint density at radius 2 is 0.644 bits per heavy atom. The Bertz CT molecular complexity index is 522. The molecule has 0 saturated heterocycles. The summed E-state index contributed by atoms with van der Waals surface area (Å²) in [5.41, 5.74) is 0. The smallest absolute Gasteiger partial charge is 0.550 e. The van der Waals surface area contributed by atoms with Crippen LogP contribution >= 0.6 is 0 Å². The number of carbonyl (C=O) groups is 1. The number of rotatable bonds is 38. The van der Waals surface area contributed by atoms with Gasteiger partial charge in [-0.1, -0.05) is 213 Å². The molecule has 0 aromatic rings. The van der Waals surface area contributed by atoms with Gasteiger partial charge in [-0.3, -0.25) is 0 Å². The van der Waals surface area contributed by atoms with E-state index in [-0.39, 0.29) is 42.0 Å². The maximum absolute atomic E-state index is 11.4. The van der Waals surface area contributed by atoms with Gasteiger partial charge in [-0.2, -0.15) is 0 Å². The van der Waals surface area contributed by atoms with Crippen molar-refractivity contribution in [2.24, 2.45) is 0 Å². The van der Waals surface area contributed by atoms with Crippen molar-refractivity contribution in [3.05, 3.63) is 0 Å². The predicted octanol–water partition coefficient (Wildman–Crippen LogP) is 9.73. The first-order valence-electron chi connectivity index (χ1n) is 20.6. The number of carboxylic acids is 1. The number of aliphatic carboxylic acids is 1. The van der Waals surface area contributed by atoms with Crippen LogP contribution in [0.3, 0.4) is 0 Å². The SMILES string of the molecule is CCCCCCCCCCCCCCCCCCN(CCCCCCCCCCCCCCCCCC)C(CC)CC(=O)[O-].[Na+]. The molecule has 1 atom stereocenters. The van der Waals surface area contributed by atoms with E-state index >= 15 is 0 Å². The molecule has 0 spiro atoms. The van der Waals surface area contributed by atoms with Crippen molar-refractivity contribution >= 4 is 5.97 Å². The Morgan fingerprint density at radius 1 is 0.422 bits per heavy atom. The molecule has 0 aliphatic carbocycles. The van der Waals surface area contributed by atoms with E-state index in [2.05, 4.69) is 25.7 Å². The van der Waals surface area contributed by atoms with Gasteiger partial charge in [-0.25, -0.2) is 0 Å². The first kappa shape index (κ1) is 47.5. The summed E-state index contributed by atoms with van der Waals surface area (Å²) in [5.74, 6) is -0.888. The van der Waals surface area contributed by atoms with Crippen LogP contribution in [0.1, 0.15) is 239 Å². The van der Waals surface area contributed by atoms with Gasteiger partial charge in [0.05, 0.1) is 0 Å². The molecule has 0 aromatic carbocycles. The van der Waals surface area contributed by atoms with Crippen molar-refractivity contribution in [1.29, 1.82) is 0 Å². The number of unbranched alkanes of at least 4 members (excludes halogenated alkanes) is 30. The summed E-state index contributed by atoms with van der Waals surface area (Å²) >= 11 is 0. The molecular formula is C41H82NNaO2. The van der Waals surface area contributed by atoms with Crippen molar-refractivity contribution in [3.8, 4) is 0 Å². The van der Waals surface area contributed by atoms with Crippen molar-refractivity contribution in [2.75, 3.05) is 13.1 Å². The topological polar surface area (TPSA) is 43.4 Å². The van der Waals surface area contributed by atoms with E-state index in [1.807, 2.05) is 0 Å². The van der Waals surface area contributed by atoms with Crippen LogP contribution in [0.4, 0.5) is 0 Å². The summed E-state index contributed by atoms with van der Waals surface area (Å²) in [6, 6.07) is 0.146. The van der Waals surface area contributed by atoms with Crippen LogP contribution in [-0.4, -0.2) is 30.0 Å². The normalized spacial score (nSPS) is 12.1. The Balaban J connectivity index is 0. The molecule has 45 heavy (non-hydrogen) atoms. The van der Waals surface area contributed by atoms with E-state index in [1.165, 1.54) is 205 Å². The average molecular weight is 644 g/mol. The quantitative estimate of drug-likeness (QED) is 0.0497. The molecule has 0 amide bonds. The summed E-state index contributed by atoms with van der Waals surface area (Å²) in [5, 5.41) is 11.4. The zero-order valence-electron chi connectivity index (χ0n) is 31.8. The van der Waals surface area contributed by atoms with Gasteiger partial charge in [0.15, 0.2) is 0 Å². The van der Waals surface area contributed by atoms with Crippen LogP contribution in [0.5, 0.6) is 0 Å². The molecule has 0 fully saturated rings. The second-order valence-corrected chi connectivity index (χ2v) is 14.3. The van der Waals surface area contributed by atoms with Crippen LogP contribution in [0.25, 0.3) is 0 Å². The van der Waals surface area contributed by atoms with Crippen LogP contribution in [0.2, 0.25) is 0 Å². The maximum atomic E-state index is 11.4. The molecule has 3 nitrogen and oxygen atoms in total. The van der Waals surface area contributed by atoms with Gasteiger partial charge >= 0.3 is 29.6 Å². The number of hydrogen-bond acceptors (Lipinski definition) is 3. The number of hydrogen-bond donors (Lipinski definition) is 0. The van der Waals surface area contributed by atoms with Gasteiger partial charge in [0.2, 0.25) is 0 Å². The summed E-state index contributed by atoms with van der Waals surface area (Å²) < 4.78 is 0. The van der Waals surface area contributed by atoms with Gasteiger partial charge in [-0.15, -0.1) is 0 Å². The van der Waals surface area contributed by atoms with Crippen LogP contribution in [0.15, 0.2) is 0 Å². The van der Waals surface area contributed by atoms with Crippen LogP contribution in [0, 0.1) is 0 Å². The molecule has 264 valence electrons. The minimum Gasteiger partial charge on any atom is -0.550 e. The van der Waals surface area contributed by atoms with Crippen molar-refractivity contribution < 1.29 is 39.5 Å². The average Bonchev–Trinajstić information content (AvgIpc) is 3.02. The third kappa shape index (κ3) is 37.1. The fourth-order valence-electron chi connectivity index (χ4n) is 6.93.